The predicted octanol–water partition coefficient (Wildman–Crippen LogP) is 2.58. The molecule has 0 spiro atoms. The summed E-state index contributed by atoms with van der Waals surface area (Å²) in [7, 11) is 4.03. The van der Waals surface area contributed by atoms with Crippen LogP contribution in [-0.4, -0.2) is 88.9 Å². The van der Waals surface area contributed by atoms with Crippen molar-refractivity contribution in [2.24, 2.45) is 16.8 Å². The van der Waals surface area contributed by atoms with Crippen molar-refractivity contribution in [2.45, 2.75) is 26.8 Å². The zero-order valence-electron chi connectivity index (χ0n) is 20.2. The number of likely N-dealkylation sites (N-methyl/N-ethyl adjacent to an activating group) is 1. The zero-order valence-corrected chi connectivity index (χ0v) is 22.6. The van der Waals surface area contributed by atoms with E-state index in [2.05, 4.69) is 64.5 Å². The van der Waals surface area contributed by atoms with Crippen LogP contribution >= 0.6 is 24.0 Å². The van der Waals surface area contributed by atoms with Crippen LogP contribution in [0, 0.1) is 18.8 Å². The molecule has 32 heavy (non-hydrogen) atoms. The van der Waals surface area contributed by atoms with E-state index in [1.807, 2.05) is 7.05 Å². The van der Waals surface area contributed by atoms with Crippen LogP contribution in [-0.2, 0) is 11.3 Å². The number of aliphatic imine (C=N–C) groups is 1. The van der Waals surface area contributed by atoms with E-state index >= 15 is 0 Å². The van der Waals surface area contributed by atoms with Crippen molar-refractivity contribution < 1.29 is 9.47 Å². The number of nitrogens with zero attached hydrogens (tertiary/aromatic N) is 3. The maximum absolute atomic E-state index is 6.17. The summed E-state index contributed by atoms with van der Waals surface area (Å²) in [5, 5.41) is 6.94. The molecule has 0 aromatic heterocycles. The van der Waals surface area contributed by atoms with Crippen LogP contribution in [0.15, 0.2) is 23.2 Å². The molecule has 0 amide bonds. The topological polar surface area (TPSA) is 61.4 Å². The van der Waals surface area contributed by atoms with Crippen LogP contribution in [0.25, 0.3) is 0 Å². The van der Waals surface area contributed by atoms with Crippen molar-refractivity contribution in [3.8, 4) is 5.75 Å². The minimum absolute atomic E-state index is 0. The molecule has 0 saturated carbocycles. The molecule has 2 saturated heterocycles. The molecule has 1 aromatic rings. The van der Waals surface area contributed by atoms with Gasteiger partial charge in [0.25, 0.3) is 0 Å². The maximum atomic E-state index is 6.17. The monoisotopic (exact) mass is 559 g/mol. The fourth-order valence-electron chi connectivity index (χ4n) is 4.07. The van der Waals surface area contributed by atoms with Gasteiger partial charge in [-0.3, -0.25) is 4.99 Å². The molecule has 182 valence electrons. The number of nitrogens with one attached hydrogen (secondary N) is 2. The number of guanidine groups is 1. The number of halogens is 1. The molecule has 2 unspecified atom stereocenters. The summed E-state index contributed by atoms with van der Waals surface area (Å²) in [4.78, 5) is 9.37. The Bertz CT molecular complexity index is 704. The highest BCUT2D eigenvalue weighted by Gasteiger charge is 2.18. The van der Waals surface area contributed by atoms with E-state index in [4.69, 9.17) is 9.47 Å². The average molecular weight is 560 g/mol. The van der Waals surface area contributed by atoms with Crippen LogP contribution < -0.4 is 15.4 Å². The summed E-state index contributed by atoms with van der Waals surface area (Å²) in [6.45, 7) is 14.2. The largest absolute Gasteiger partial charge is 0.493 e. The second kappa shape index (κ2) is 14.2. The first-order valence-corrected chi connectivity index (χ1v) is 11.7. The normalized spacial score (nSPS) is 21.1. The molecule has 8 heteroatoms. The lowest BCUT2D eigenvalue weighted by atomic mass is 10.1. The summed E-state index contributed by atoms with van der Waals surface area (Å²) in [5.41, 5.74) is 2.36. The van der Waals surface area contributed by atoms with Crippen LogP contribution in [0.1, 0.15) is 24.5 Å². The molecule has 2 fully saturated rings. The van der Waals surface area contributed by atoms with Crippen molar-refractivity contribution in [1.29, 1.82) is 0 Å². The number of hydrogen-bond donors (Lipinski definition) is 2. The number of rotatable bonds is 9. The van der Waals surface area contributed by atoms with E-state index in [0.29, 0.717) is 25.0 Å². The van der Waals surface area contributed by atoms with Crippen LogP contribution in [0.4, 0.5) is 0 Å². The number of hydrogen-bond acceptors (Lipinski definition) is 5. The third-order valence-corrected chi connectivity index (χ3v) is 6.17. The summed E-state index contributed by atoms with van der Waals surface area (Å²) in [5.74, 6) is 2.85. The fourth-order valence-corrected chi connectivity index (χ4v) is 4.07. The van der Waals surface area contributed by atoms with Crippen LogP contribution in [0.3, 0.4) is 0 Å². The second-order valence-corrected chi connectivity index (χ2v) is 9.17. The number of aryl methyl sites for hydroxylation is 1. The van der Waals surface area contributed by atoms with Gasteiger partial charge in [0.15, 0.2) is 5.96 Å². The molecule has 2 aliphatic rings. The third kappa shape index (κ3) is 9.03. The van der Waals surface area contributed by atoms with E-state index in [1.54, 1.807) is 0 Å². The van der Waals surface area contributed by atoms with Crippen molar-refractivity contribution in [3.05, 3.63) is 29.3 Å². The summed E-state index contributed by atoms with van der Waals surface area (Å²) < 4.78 is 11.6. The molecule has 1 aromatic carbocycles. The van der Waals surface area contributed by atoms with Gasteiger partial charge in [-0.1, -0.05) is 19.1 Å². The smallest absolute Gasteiger partial charge is 0.191 e. The van der Waals surface area contributed by atoms with Gasteiger partial charge in [0.05, 0.1) is 13.2 Å². The van der Waals surface area contributed by atoms with Gasteiger partial charge in [-0.05, 0) is 37.9 Å². The van der Waals surface area contributed by atoms with Crippen molar-refractivity contribution >= 4 is 29.9 Å². The summed E-state index contributed by atoms with van der Waals surface area (Å²) >= 11 is 0. The first-order chi connectivity index (χ1) is 15.0. The lowest BCUT2D eigenvalue weighted by molar-refractivity contribution is 0.139. The first-order valence-electron chi connectivity index (χ1n) is 11.7. The van der Waals surface area contributed by atoms with Gasteiger partial charge < -0.3 is 29.9 Å². The Morgan fingerprint density at radius 3 is 2.72 bits per heavy atom. The van der Waals surface area contributed by atoms with Crippen molar-refractivity contribution in [1.82, 2.24) is 20.4 Å². The number of piperazine rings is 1. The molecule has 7 nitrogen and oxygen atoms in total. The minimum Gasteiger partial charge on any atom is -0.493 e. The molecule has 2 heterocycles. The molecule has 0 aliphatic carbocycles. The molecule has 0 bridgehead atoms. The minimum atomic E-state index is 0. The van der Waals surface area contributed by atoms with Gasteiger partial charge in [-0.2, -0.15) is 0 Å². The lowest BCUT2D eigenvalue weighted by Gasteiger charge is -2.34. The Morgan fingerprint density at radius 1 is 1.25 bits per heavy atom. The maximum Gasteiger partial charge on any atom is 0.191 e. The summed E-state index contributed by atoms with van der Waals surface area (Å²) in [6, 6.07) is 6.41. The van der Waals surface area contributed by atoms with E-state index in [9.17, 15) is 0 Å². The molecular formula is C24H42IN5O2. The van der Waals surface area contributed by atoms with E-state index in [-0.39, 0.29) is 24.0 Å². The van der Waals surface area contributed by atoms with Gasteiger partial charge in [0, 0.05) is 70.9 Å². The Kier molecular flexibility index (Phi) is 12.1. The van der Waals surface area contributed by atoms with Gasteiger partial charge in [0.2, 0.25) is 0 Å². The average Bonchev–Trinajstić information content (AvgIpc) is 3.28. The first kappa shape index (κ1) is 27.1. The highest BCUT2D eigenvalue weighted by atomic mass is 127. The molecule has 2 N–H and O–H groups in total. The Balaban J connectivity index is 0.00000363. The SMILES string of the molecule is CN=C(NCc1ccc(C)cc1OCC1CCOC1)NCC(C)CN1CCN(C)CC1.I. The van der Waals surface area contributed by atoms with Gasteiger partial charge in [-0.15, -0.1) is 24.0 Å². The highest BCUT2D eigenvalue weighted by Crippen LogP contribution is 2.22. The predicted molar refractivity (Wildman–Crippen MR) is 142 cm³/mol. The van der Waals surface area contributed by atoms with Gasteiger partial charge >= 0.3 is 0 Å². The summed E-state index contributed by atoms with van der Waals surface area (Å²) in [6.07, 6.45) is 1.09. The van der Waals surface area contributed by atoms with E-state index in [1.165, 1.54) is 5.56 Å². The molecule has 2 atom stereocenters. The molecular weight excluding hydrogens is 517 g/mol. The van der Waals surface area contributed by atoms with Gasteiger partial charge in [-0.25, -0.2) is 0 Å². The lowest BCUT2D eigenvalue weighted by Crippen LogP contribution is -2.47. The molecule has 0 radical (unpaired) electrons. The number of benzene rings is 1. The fraction of sp³-hybridized carbons (Fsp3) is 0.708. The van der Waals surface area contributed by atoms with E-state index < -0.39 is 0 Å². The number of ether oxygens (including phenoxy) is 2. The molecule has 2 aliphatic heterocycles. The third-order valence-electron chi connectivity index (χ3n) is 6.17. The Morgan fingerprint density at radius 2 is 2.03 bits per heavy atom. The van der Waals surface area contributed by atoms with Crippen LogP contribution in [0.5, 0.6) is 5.75 Å². The second-order valence-electron chi connectivity index (χ2n) is 9.17. The van der Waals surface area contributed by atoms with Crippen molar-refractivity contribution in [2.75, 3.05) is 73.2 Å². The standard InChI is InChI=1S/C24H41N5O2.HI/c1-19-5-6-22(23(13-19)31-18-21-7-12-30-17-21)15-27-24(25-3)26-14-20(2)16-29-10-8-28(4)9-11-29;/h5-6,13,20-21H,7-12,14-18H2,1-4H3,(H2,25,26,27);1H. The van der Waals surface area contributed by atoms with Gasteiger partial charge in [0.1, 0.15) is 5.75 Å². The van der Waals surface area contributed by atoms with Crippen LogP contribution in [0.2, 0.25) is 0 Å². The Labute approximate surface area is 211 Å². The van der Waals surface area contributed by atoms with Crippen molar-refractivity contribution in [3.63, 3.8) is 0 Å². The zero-order chi connectivity index (χ0) is 22.1. The highest BCUT2D eigenvalue weighted by molar-refractivity contribution is 14.0. The molecule has 3 rings (SSSR count). The Hall–Kier alpha value is -1.10. The van der Waals surface area contributed by atoms with E-state index in [0.717, 1.165) is 76.2 Å². The quantitative estimate of drug-likeness (QED) is 0.276.